The lowest BCUT2D eigenvalue weighted by molar-refractivity contribution is 0.559. The molecule has 0 saturated carbocycles. The van der Waals surface area contributed by atoms with Crippen LogP contribution in [0, 0.1) is 59.8 Å². The van der Waals surface area contributed by atoms with Gasteiger partial charge in [0.1, 0.15) is 23.1 Å². The van der Waals surface area contributed by atoms with E-state index in [0.29, 0.717) is 39.5 Å². The summed E-state index contributed by atoms with van der Waals surface area (Å²) in [6.07, 6.45) is 0. The van der Waals surface area contributed by atoms with Crippen LogP contribution in [-0.2, 0) is 5.41 Å². The van der Waals surface area contributed by atoms with E-state index >= 15 is 0 Å². The standard InChI is InChI=1S/C39H41N9S/c1-21-15-23(3)32(24(4)16-21)42-31-19-27(7)34(36(43-31)44-33-25(5)17-22(2)18-26(33)6)45-46-37-28(20-40)35(39(8,9)10)47-48(37)38-41-29-13-11-12-14-30(29)49-38/h11-19H,1-10H3,(H2,42,43,44). The summed E-state index contributed by atoms with van der Waals surface area (Å²) in [7, 11) is 0. The minimum atomic E-state index is -0.415. The lowest BCUT2D eigenvalue weighted by Crippen LogP contribution is -2.14. The Bertz CT molecular complexity index is 2230. The van der Waals surface area contributed by atoms with Gasteiger partial charge in [0.15, 0.2) is 11.6 Å². The van der Waals surface area contributed by atoms with Gasteiger partial charge in [-0.25, -0.2) is 9.97 Å². The van der Waals surface area contributed by atoms with Gasteiger partial charge >= 0.3 is 0 Å². The molecule has 2 N–H and O–H groups in total. The van der Waals surface area contributed by atoms with Crippen molar-refractivity contribution in [3.05, 3.63) is 105 Å². The molecule has 3 aromatic carbocycles. The topological polar surface area (TPSA) is 116 Å². The maximum absolute atomic E-state index is 10.4. The van der Waals surface area contributed by atoms with Gasteiger partial charge in [0.05, 0.1) is 15.9 Å². The van der Waals surface area contributed by atoms with Crippen LogP contribution in [-0.4, -0.2) is 19.7 Å². The number of rotatable bonds is 7. The first kappa shape index (κ1) is 33.5. The number of nitrogens with zero attached hydrogens (tertiary/aromatic N) is 7. The van der Waals surface area contributed by atoms with E-state index in [-0.39, 0.29) is 0 Å². The van der Waals surface area contributed by atoms with E-state index in [1.807, 2.05) is 58.0 Å². The number of aryl methyl sites for hydroxylation is 7. The molecule has 3 heterocycles. The number of azo groups is 1. The summed E-state index contributed by atoms with van der Waals surface area (Å²) >= 11 is 1.49. The minimum Gasteiger partial charge on any atom is -0.340 e. The van der Waals surface area contributed by atoms with Crippen LogP contribution >= 0.6 is 11.3 Å². The predicted octanol–water partition coefficient (Wildman–Crippen LogP) is 11.1. The van der Waals surface area contributed by atoms with Crippen LogP contribution < -0.4 is 10.6 Å². The van der Waals surface area contributed by atoms with Crippen molar-refractivity contribution in [3.63, 3.8) is 0 Å². The molecular weight excluding hydrogens is 627 g/mol. The molecule has 0 aliphatic rings. The molecular formula is C39H41N9S. The summed E-state index contributed by atoms with van der Waals surface area (Å²) in [5.41, 5.74) is 11.7. The zero-order valence-electron chi connectivity index (χ0n) is 29.7. The summed E-state index contributed by atoms with van der Waals surface area (Å²) in [6, 6.07) is 20.9. The number of benzene rings is 3. The number of hydrogen-bond donors (Lipinski definition) is 2. The lowest BCUT2D eigenvalue weighted by atomic mass is 9.90. The third-order valence-electron chi connectivity index (χ3n) is 8.43. The number of pyridine rings is 1. The number of nitrogens with one attached hydrogen (secondary N) is 2. The second kappa shape index (κ2) is 12.9. The molecule has 0 spiro atoms. The van der Waals surface area contributed by atoms with Crippen molar-refractivity contribution in [1.82, 2.24) is 19.7 Å². The molecule has 0 aliphatic carbocycles. The SMILES string of the molecule is Cc1cc(C)c(Nc2cc(C)c(N=Nc3c(C#N)c(C(C)(C)C)nn3-c3nc4ccccc4s3)c(Nc3c(C)cc(C)cc3C)n2)c(C)c1. The number of aromatic nitrogens is 4. The fraction of sp³-hybridized carbons (Fsp3) is 0.282. The van der Waals surface area contributed by atoms with Crippen LogP contribution in [0.1, 0.15) is 71.0 Å². The van der Waals surface area contributed by atoms with Gasteiger partial charge in [-0.1, -0.05) is 79.6 Å². The van der Waals surface area contributed by atoms with E-state index in [0.717, 1.165) is 49.4 Å². The number of fused-ring (bicyclic) bond motifs is 1. The third kappa shape index (κ3) is 6.67. The van der Waals surface area contributed by atoms with Crippen LogP contribution in [0.2, 0.25) is 0 Å². The summed E-state index contributed by atoms with van der Waals surface area (Å²) in [6.45, 7) is 20.7. The van der Waals surface area contributed by atoms with E-state index in [9.17, 15) is 5.26 Å². The van der Waals surface area contributed by atoms with E-state index in [1.54, 1.807) is 4.68 Å². The molecule has 248 valence electrons. The molecule has 6 aromatic rings. The molecule has 0 fully saturated rings. The average Bonchev–Trinajstić information content (AvgIpc) is 3.61. The molecule has 3 aromatic heterocycles. The van der Waals surface area contributed by atoms with Crippen molar-refractivity contribution in [2.24, 2.45) is 10.2 Å². The largest absolute Gasteiger partial charge is 0.340 e. The van der Waals surface area contributed by atoms with Crippen molar-refractivity contribution in [3.8, 4) is 11.2 Å². The summed E-state index contributed by atoms with van der Waals surface area (Å²) in [4.78, 5) is 9.90. The van der Waals surface area contributed by atoms with Crippen molar-refractivity contribution >= 4 is 56.1 Å². The van der Waals surface area contributed by atoms with Gasteiger partial charge in [0.2, 0.25) is 5.13 Å². The maximum atomic E-state index is 10.4. The Labute approximate surface area is 291 Å². The Hall–Kier alpha value is -5.40. The molecule has 9 nitrogen and oxygen atoms in total. The molecule has 0 atom stereocenters. The smallest absolute Gasteiger partial charge is 0.213 e. The molecule has 0 saturated heterocycles. The number of hydrogen-bond acceptors (Lipinski definition) is 9. The van der Waals surface area contributed by atoms with Crippen molar-refractivity contribution in [2.45, 2.75) is 74.7 Å². The van der Waals surface area contributed by atoms with E-state index in [4.69, 9.17) is 25.3 Å². The van der Waals surface area contributed by atoms with Crippen molar-refractivity contribution in [2.75, 3.05) is 10.6 Å². The Balaban J connectivity index is 1.52. The number of thiazole rings is 1. The predicted molar refractivity (Wildman–Crippen MR) is 201 cm³/mol. The zero-order chi connectivity index (χ0) is 35.2. The first-order valence-corrected chi connectivity index (χ1v) is 17.1. The first-order valence-electron chi connectivity index (χ1n) is 16.3. The molecule has 0 radical (unpaired) electrons. The second-order valence-corrected chi connectivity index (χ2v) is 14.8. The highest BCUT2D eigenvalue weighted by molar-refractivity contribution is 7.20. The van der Waals surface area contributed by atoms with Crippen LogP contribution in [0.5, 0.6) is 0 Å². The second-order valence-electron chi connectivity index (χ2n) is 13.8. The fourth-order valence-corrected chi connectivity index (χ4v) is 7.17. The van der Waals surface area contributed by atoms with Crippen LogP contribution in [0.3, 0.4) is 0 Å². The Morgan fingerprint density at radius 1 is 0.755 bits per heavy atom. The third-order valence-corrected chi connectivity index (χ3v) is 9.44. The average molecular weight is 668 g/mol. The summed E-state index contributed by atoms with van der Waals surface area (Å²) in [5, 5.41) is 32.7. The molecule has 0 bridgehead atoms. The van der Waals surface area contributed by atoms with Gasteiger partial charge in [-0.2, -0.15) is 15.0 Å². The minimum absolute atomic E-state index is 0.327. The van der Waals surface area contributed by atoms with Crippen LogP contribution in [0.25, 0.3) is 15.3 Å². The van der Waals surface area contributed by atoms with Gasteiger partial charge in [0.25, 0.3) is 0 Å². The van der Waals surface area contributed by atoms with Crippen LogP contribution in [0.15, 0.2) is 64.8 Å². The Kier molecular flexibility index (Phi) is 8.82. The maximum Gasteiger partial charge on any atom is 0.213 e. The summed E-state index contributed by atoms with van der Waals surface area (Å²) < 4.78 is 2.67. The highest BCUT2D eigenvalue weighted by Crippen LogP contribution is 2.40. The van der Waals surface area contributed by atoms with Gasteiger partial charge in [0, 0.05) is 16.8 Å². The number of para-hydroxylation sites is 1. The van der Waals surface area contributed by atoms with Gasteiger partial charge < -0.3 is 10.6 Å². The van der Waals surface area contributed by atoms with Gasteiger partial charge in [-0.3, -0.25) is 0 Å². The highest BCUT2D eigenvalue weighted by atomic mass is 32.1. The van der Waals surface area contributed by atoms with Crippen LogP contribution in [0.4, 0.5) is 34.5 Å². The Morgan fingerprint density at radius 2 is 1.35 bits per heavy atom. The van der Waals surface area contributed by atoms with E-state index in [2.05, 4.69) is 82.5 Å². The molecule has 6 rings (SSSR count). The van der Waals surface area contributed by atoms with Gasteiger partial charge in [-0.15, -0.1) is 10.2 Å². The molecule has 0 amide bonds. The fourth-order valence-electron chi connectivity index (χ4n) is 6.25. The number of nitriles is 1. The van der Waals surface area contributed by atoms with E-state index < -0.39 is 5.41 Å². The highest BCUT2D eigenvalue weighted by Gasteiger charge is 2.29. The monoisotopic (exact) mass is 667 g/mol. The van der Waals surface area contributed by atoms with E-state index in [1.165, 1.54) is 22.5 Å². The molecule has 0 aliphatic heterocycles. The zero-order valence-corrected chi connectivity index (χ0v) is 30.6. The first-order chi connectivity index (χ1) is 23.2. The molecule has 0 unspecified atom stereocenters. The molecule has 10 heteroatoms. The Morgan fingerprint density at radius 3 is 1.92 bits per heavy atom. The van der Waals surface area contributed by atoms with Crippen molar-refractivity contribution < 1.29 is 0 Å². The summed E-state index contributed by atoms with van der Waals surface area (Å²) in [5.74, 6) is 1.56. The van der Waals surface area contributed by atoms with Crippen molar-refractivity contribution in [1.29, 1.82) is 5.26 Å². The quantitative estimate of drug-likeness (QED) is 0.164. The lowest BCUT2D eigenvalue weighted by Gasteiger charge is -2.18. The van der Waals surface area contributed by atoms with Gasteiger partial charge in [-0.05, 0) is 94.5 Å². The normalized spacial score (nSPS) is 11.8. The molecule has 49 heavy (non-hydrogen) atoms. The number of anilines is 4.